The highest BCUT2D eigenvalue weighted by molar-refractivity contribution is 7.92. The van der Waals surface area contributed by atoms with Crippen LogP contribution in [0.4, 0.5) is 14.5 Å². The van der Waals surface area contributed by atoms with Crippen LogP contribution in [0.2, 0.25) is 5.02 Å². The van der Waals surface area contributed by atoms with Crippen molar-refractivity contribution in [3.63, 3.8) is 0 Å². The molecule has 4 aromatic rings. The molecule has 0 bridgehead atoms. The predicted molar refractivity (Wildman–Crippen MR) is 154 cm³/mol. The average Bonchev–Trinajstić information content (AvgIpc) is 2.97. The molecule has 41 heavy (non-hydrogen) atoms. The third kappa shape index (κ3) is 7.01. The average molecular weight is 600 g/mol. The van der Waals surface area contributed by atoms with Crippen LogP contribution in [-0.2, 0) is 10.0 Å². The number of para-hydroxylation sites is 1. The zero-order valence-electron chi connectivity index (χ0n) is 22.4. The number of sulfonamides is 1. The van der Waals surface area contributed by atoms with Crippen molar-refractivity contribution in [1.29, 1.82) is 0 Å². The van der Waals surface area contributed by atoms with Crippen LogP contribution >= 0.6 is 11.6 Å². The molecule has 4 rings (SSSR count). The fraction of sp³-hybridized carbons (Fsp3) is 0.200. The summed E-state index contributed by atoms with van der Waals surface area (Å²) in [7, 11) is -2.70. The molecule has 0 saturated heterocycles. The van der Waals surface area contributed by atoms with Crippen molar-refractivity contribution in [2.75, 3.05) is 24.5 Å². The Hall–Kier alpha value is -4.02. The summed E-state index contributed by atoms with van der Waals surface area (Å²) in [4.78, 5) is 17.9. The zero-order chi connectivity index (χ0) is 29.6. The highest BCUT2D eigenvalue weighted by atomic mass is 35.5. The van der Waals surface area contributed by atoms with E-state index in [-0.39, 0.29) is 17.4 Å². The molecule has 0 spiro atoms. The molecule has 0 aliphatic heterocycles. The summed E-state index contributed by atoms with van der Waals surface area (Å²) in [6, 6.07) is 17.2. The molecule has 0 aliphatic rings. The van der Waals surface area contributed by atoms with Gasteiger partial charge in [0.2, 0.25) is 0 Å². The minimum absolute atomic E-state index is 0.142. The summed E-state index contributed by atoms with van der Waals surface area (Å²) in [5.41, 5.74) is 0.466. The van der Waals surface area contributed by atoms with Crippen molar-refractivity contribution < 1.29 is 26.7 Å². The number of rotatable bonds is 11. The van der Waals surface area contributed by atoms with E-state index in [0.29, 0.717) is 34.9 Å². The molecule has 0 fully saturated rings. The number of hydrogen-bond donors (Lipinski definition) is 0. The maximum Gasteiger partial charge on any atom is 0.264 e. The SMILES string of the molecule is CC(c1ccccc1OCCCN(C)C(=O)c1cccnc1)N(c1cc(F)ccc1F)S(=O)(=O)c1ccc(Cl)cc1. The highest BCUT2D eigenvalue weighted by Crippen LogP contribution is 2.38. The summed E-state index contributed by atoms with van der Waals surface area (Å²) in [5.74, 6) is -1.50. The molecule has 0 saturated carbocycles. The lowest BCUT2D eigenvalue weighted by Gasteiger charge is -2.32. The second kappa shape index (κ2) is 13.1. The number of halogens is 3. The van der Waals surface area contributed by atoms with Gasteiger partial charge in [-0.25, -0.2) is 17.2 Å². The first kappa shape index (κ1) is 30.0. The summed E-state index contributed by atoms with van der Waals surface area (Å²) >= 11 is 5.95. The third-order valence-electron chi connectivity index (χ3n) is 6.39. The fourth-order valence-electron chi connectivity index (χ4n) is 4.30. The van der Waals surface area contributed by atoms with Crippen LogP contribution in [0.15, 0.2) is 96.2 Å². The molecule has 11 heteroatoms. The summed E-state index contributed by atoms with van der Waals surface area (Å²) in [6.07, 6.45) is 3.57. The number of ether oxygens (including phenoxy) is 1. The van der Waals surface area contributed by atoms with Gasteiger partial charge in [0.1, 0.15) is 17.4 Å². The number of nitrogens with zero attached hydrogens (tertiary/aromatic N) is 3. The monoisotopic (exact) mass is 599 g/mol. The van der Waals surface area contributed by atoms with Gasteiger partial charge in [-0.15, -0.1) is 0 Å². The van der Waals surface area contributed by atoms with Crippen LogP contribution in [-0.4, -0.2) is 44.4 Å². The minimum atomic E-state index is -4.38. The lowest BCUT2D eigenvalue weighted by molar-refractivity contribution is 0.0787. The molecule has 0 radical (unpaired) electrons. The summed E-state index contributed by atoms with van der Waals surface area (Å²) in [6.45, 7) is 2.18. The lowest BCUT2D eigenvalue weighted by atomic mass is 10.1. The number of hydrogen-bond acceptors (Lipinski definition) is 5. The Morgan fingerprint density at radius 2 is 1.76 bits per heavy atom. The lowest BCUT2D eigenvalue weighted by Crippen LogP contribution is -2.34. The van der Waals surface area contributed by atoms with Gasteiger partial charge in [-0.1, -0.05) is 29.8 Å². The Labute approximate surface area is 243 Å². The number of pyridine rings is 1. The molecule has 1 aromatic heterocycles. The van der Waals surface area contributed by atoms with E-state index < -0.39 is 33.4 Å². The minimum Gasteiger partial charge on any atom is -0.493 e. The van der Waals surface area contributed by atoms with E-state index in [9.17, 15) is 17.6 Å². The van der Waals surface area contributed by atoms with E-state index in [4.69, 9.17) is 16.3 Å². The second-order valence-corrected chi connectivity index (χ2v) is 11.5. The molecule has 1 atom stereocenters. The number of carbonyl (C=O) groups excluding carboxylic acids is 1. The van der Waals surface area contributed by atoms with Crippen LogP contribution in [0.3, 0.4) is 0 Å². The van der Waals surface area contributed by atoms with Crippen LogP contribution in [0.1, 0.15) is 35.3 Å². The van der Waals surface area contributed by atoms with E-state index in [2.05, 4.69) is 4.98 Å². The van der Waals surface area contributed by atoms with Crippen molar-refractivity contribution in [3.8, 4) is 5.75 Å². The Morgan fingerprint density at radius 3 is 2.46 bits per heavy atom. The van der Waals surface area contributed by atoms with Gasteiger partial charge in [0.15, 0.2) is 0 Å². The molecule has 1 unspecified atom stereocenters. The van der Waals surface area contributed by atoms with Gasteiger partial charge in [-0.3, -0.25) is 14.1 Å². The Kier molecular flexibility index (Phi) is 9.57. The second-order valence-electron chi connectivity index (χ2n) is 9.23. The first-order valence-corrected chi connectivity index (χ1v) is 14.5. The standard InChI is InChI=1S/C30H28ClF2N3O4S/c1-21(36(28-19-24(32)12-15-27(28)33)41(38,39)25-13-10-23(31)11-14-25)26-8-3-4-9-29(26)40-18-6-17-35(2)30(37)22-7-5-16-34-20-22/h3-5,7-16,19-21H,6,17-18H2,1-2H3. The molecule has 3 aromatic carbocycles. The van der Waals surface area contributed by atoms with Gasteiger partial charge < -0.3 is 9.64 Å². The first-order valence-electron chi connectivity index (χ1n) is 12.7. The van der Waals surface area contributed by atoms with Crippen molar-refractivity contribution in [2.24, 2.45) is 0 Å². The van der Waals surface area contributed by atoms with Crippen molar-refractivity contribution in [3.05, 3.63) is 119 Å². The highest BCUT2D eigenvalue weighted by Gasteiger charge is 2.34. The quantitative estimate of drug-likeness (QED) is 0.184. The van der Waals surface area contributed by atoms with Gasteiger partial charge >= 0.3 is 0 Å². The molecule has 0 aliphatic carbocycles. The van der Waals surface area contributed by atoms with Gasteiger partial charge in [0.05, 0.1) is 28.8 Å². The topological polar surface area (TPSA) is 79.8 Å². The van der Waals surface area contributed by atoms with Gasteiger partial charge in [0, 0.05) is 42.6 Å². The van der Waals surface area contributed by atoms with Gasteiger partial charge in [0.25, 0.3) is 15.9 Å². The van der Waals surface area contributed by atoms with Crippen LogP contribution < -0.4 is 9.04 Å². The Morgan fingerprint density at radius 1 is 1.02 bits per heavy atom. The number of benzene rings is 3. The third-order valence-corrected chi connectivity index (χ3v) is 8.54. The number of carbonyl (C=O) groups is 1. The van der Waals surface area contributed by atoms with Crippen molar-refractivity contribution in [1.82, 2.24) is 9.88 Å². The Balaban J connectivity index is 1.58. The molecular formula is C30H28ClF2N3O4S. The van der Waals surface area contributed by atoms with E-state index in [1.54, 1.807) is 61.5 Å². The summed E-state index contributed by atoms with van der Waals surface area (Å²) in [5, 5.41) is 0.326. The fourth-order valence-corrected chi connectivity index (χ4v) is 6.06. The van der Waals surface area contributed by atoms with Gasteiger partial charge in [-0.2, -0.15) is 0 Å². The number of anilines is 1. The molecule has 7 nitrogen and oxygen atoms in total. The molecule has 214 valence electrons. The van der Waals surface area contributed by atoms with Crippen LogP contribution in [0.25, 0.3) is 0 Å². The molecular weight excluding hydrogens is 572 g/mol. The Bertz CT molecular complexity index is 1610. The zero-order valence-corrected chi connectivity index (χ0v) is 23.9. The van der Waals surface area contributed by atoms with E-state index in [0.717, 1.165) is 22.5 Å². The predicted octanol–water partition coefficient (Wildman–Crippen LogP) is 6.51. The number of aromatic nitrogens is 1. The van der Waals surface area contributed by atoms with Gasteiger partial charge in [-0.05, 0) is 67.9 Å². The smallest absolute Gasteiger partial charge is 0.264 e. The molecule has 1 amide bonds. The van der Waals surface area contributed by atoms with Crippen molar-refractivity contribution >= 4 is 33.2 Å². The first-order chi connectivity index (χ1) is 19.6. The normalized spacial score (nSPS) is 12.0. The number of amides is 1. The largest absolute Gasteiger partial charge is 0.493 e. The van der Waals surface area contributed by atoms with E-state index >= 15 is 4.39 Å². The maximum absolute atomic E-state index is 15.1. The summed E-state index contributed by atoms with van der Waals surface area (Å²) < 4.78 is 63.9. The van der Waals surface area contributed by atoms with E-state index in [1.807, 2.05) is 0 Å². The van der Waals surface area contributed by atoms with E-state index in [1.165, 1.54) is 30.5 Å². The van der Waals surface area contributed by atoms with Crippen LogP contribution in [0.5, 0.6) is 5.75 Å². The molecule has 0 N–H and O–H groups in total. The van der Waals surface area contributed by atoms with Crippen LogP contribution in [0, 0.1) is 11.6 Å². The molecule has 1 heterocycles. The maximum atomic E-state index is 15.1. The van der Waals surface area contributed by atoms with Crippen molar-refractivity contribution in [2.45, 2.75) is 24.3 Å².